The first-order chi connectivity index (χ1) is 16.3. The second kappa shape index (κ2) is 9.07. The number of hydrogen-bond donors (Lipinski definition) is 3. The summed E-state index contributed by atoms with van der Waals surface area (Å²) >= 11 is 0. The average molecular weight is 466 g/mol. The normalized spacial score (nSPS) is 10.9. The molecule has 0 aliphatic rings. The van der Waals surface area contributed by atoms with Crippen molar-refractivity contribution < 1.29 is 13.2 Å². The van der Waals surface area contributed by atoms with Gasteiger partial charge in [0.15, 0.2) is 5.82 Å². The highest BCUT2D eigenvalue weighted by molar-refractivity contribution is 5.78. The number of hydrogen-bond acceptors (Lipinski definition) is 8. The molecule has 0 unspecified atom stereocenters. The fraction of sp³-hybridized carbons (Fsp3) is 0.136. The van der Waals surface area contributed by atoms with Crippen molar-refractivity contribution in [3.8, 4) is 11.8 Å². The molecule has 9 nitrogen and oxygen atoms in total. The topological polar surface area (TPSA) is 149 Å². The van der Waals surface area contributed by atoms with Crippen LogP contribution in [-0.2, 0) is 6.42 Å². The molecule has 2 heterocycles. The molecule has 0 saturated carbocycles. The van der Waals surface area contributed by atoms with Gasteiger partial charge < -0.3 is 16.8 Å². The maximum Gasteiger partial charge on any atom is 0.266 e. The van der Waals surface area contributed by atoms with Crippen LogP contribution in [0.15, 0.2) is 41.2 Å². The number of benzene rings is 2. The van der Waals surface area contributed by atoms with Gasteiger partial charge in [0.05, 0.1) is 11.1 Å². The van der Waals surface area contributed by atoms with Crippen LogP contribution in [0.1, 0.15) is 17.8 Å². The molecule has 0 amide bonds. The van der Waals surface area contributed by atoms with Crippen molar-refractivity contribution in [2.75, 3.05) is 23.3 Å². The molecule has 0 saturated heterocycles. The second-order valence-corrected chi connectivity index (χ2v) is 7.27. The lowest BCUT2D eigenvalue weighted by atomic mass is 10.2. The number of nitrogens with zero attached hydrogens (tertiary/aromatic N) is 5. The number of nitrogens with one attached hydrogen (secondary N) is 1. The van der Waals surface area contributed by atoms with Crippen molar-refractivity contribution in [1.82, 2.24) is 19.5 Å². The predicted octanol–water partition coefficient (Wildman–Crippen LogP) is 2.67. The minimum atomic E-state index is -0.878. The first-order valence-electron chi connectivity index (χ1n) is 10.0. The summed E-state index contributed by atoms with van der Waals surface area (Å²) in [4.78, 5) is 25.1. The van der Waals surface area contributed by atoms with Crippen molar-refractivity contribution in [1.29, 1.82) is 5.26 Å². The minimum absolute atomic E-state index is 0.0206. The van der Waals surface area contributed by atoms with Gasteiger partial charge >= 0.3 is 0 Å². The molecular formula is C22H17F3N8O. The number of para-hydroxylation sites is 1. The smallest absolute Gasteiger partial charge is 0.266 e. The molecule has 0 aliphatic heterocycles. The van der Waals surface area contributed by atoms with Crippen LogP contribution in [0.3, 0.4) is 0 Å². The van der Waals surface area contributed by atoms with Crippen molar-refractivity contribution in [2.45, 2.75) is 12.8 Å². The molecule has 5 N–H and O–H groups in total. The van der Waals surface area contributed by atoms with Gasteiger partial charge in [0.25, 0.3) is 5.56 Å². The summed E-state index contributed by atoms with van der Waals surface area (Å²) in [5.41, 5.74) is 10.4. The quantitative estimate of drug-likeness (QED) is 0.367. The third-order valence-corrected chi connectivity index (χ3v) is 4.96. The van der Waals surface area contributed by atoms with E-state index in [1.54, 1.807) is 0 Å². The van der Waals surface area contributed by atoms with Crippen LogP contribution in [-0.4, -0.2) is 26.1 Å². The van der Waals surface area contributed by atoms with Gasteiger partial charge in [0.2, 0.25) is 5.95 Å². The number of aromatic nitrogens is 4. The summed E-state index contributed by atoms with van der Waals surface area (Å²) in [6, 6.07) is 8.45. The van der Waals surface area contributed by atoms with Crippen molar-refractivity contribution in [3.05, 3.63) is 75.6 Å². The van der Waals surface area contributed by atoms with Crippen LogP contribution in [0.25, 0.3) is 16.6 Å². The fourth-order valence-electron chi connectivity index (χ4n) is 3.51. The summed E-state index contributed by atoms with van der Waals surface area (Å²) in [6.07, 6.45) is 0.432. The maximum atomic E-state index is 14.4. The molecule has 12 heteroatoms. The van der Waals surface area contributed by atoms with Gasteiger partial charge in [-0.25, -0.2) is 18.2 Å². The Morgan fingerprint density at radius 3 is 2.50 bits per heavy atom. The van der Waals surface area contributed by atoms with Gasteiger partial charge in [-0.05, 0) is 30.7 Å². The SMILES string of the molecule is N#Cc1c(N)nc(N)nc1NCCCc1nc2c(F)cccc2c(=O)n1-c1cc(F)cc(F)c1. The Balaban J connectivity index is 1.69. The van der Waals surface area contributed by atoms with Gasteiger partial charge in [-0.2, -0.15) is 15.2 Å². The number of halogens is 3. The third-order valence-electron chi connectivity index (χ3n) is 4.96. The van der Waals surface area contributed by atoms with E-state index in [0.717, 1.165) is 16.7 Å². The Labute approximate surface area is 190 Å². The van der Waals surface area contributed by atoms with Crippen LogP contribution in [0.2, 0.25) is 0 Å². The highest BCUT2D eigenvalue weighted by Crippen LogP contribution is 2.20. The number of nitrogens with two attached hydrogens (primary N) is 2. The number of nitriles is 1. The number of aryl methyl sites for hydroxylation is 1. The summed E-state index contributed by atoms with van der Waals surface area (Å²) in [7, 11) is 0. The first-order valence-corrected chi connectivity index (χ1v) is 10.0. The monoisotopic (exact) mass is 466 g/mol. The zero-order valence-corrected chi connectivity index (χ0v) is 17.5. The fourth-order valence-corrected chi connectivity index (χ4v) is 3.51. The standard InChI is InChI=1S/C22H17F3N8O/c23-11-7-12(24)9-13(8-11)33-17(30-18-14(21(33)34)3-1-4-16(18)25)5-2-6-29-20-15(10-26)19(27)31-22(28)32-20/h1,3-4,7-9H,2,5-6H2,(H5,27,28,29,31,32). The summed E-state index contributed by atoms with van der Waals surface area (Å²) in [5.74, 6) is -2.42. The summed E-state index contributed by atoms with van der Waals surface area (Å²) in [5, 5.41) is 12.1. The molecule has 0 aliphatic carbocycles. The van der Waals surface area contributed by atoms with Gasteiger partial charge in [-0.1, -0.05) is 6.07 Å². The first kappa shape index (κ1) is 22.5. The molecule has 0 spiro atoms. The van der Waals surface area contributed by atoms with Gasteiger partial charge in [-0.3, -0.25) is 9.36 Å². The maximum absolute atomic E-state index is 14.4. The molecule has 2 aromatic heterocycles. The van der Waals surface area contributed by atoms with E-state index in [9.17, 15) is 23.2 Å². The Hall–Kier alpha value is -4.66. The van der Waals surface area contributed by atoms with Crippen LogP contribution in [0.4, 0.5) is 30.8 Å². The Bertz CT molecular complexity index is 1490. The lowest BCUT2D eigenvalue weighted by Gasteiger charge is -2.15. The van der Waals surface area contributed by atoms with Gasteiger partial charge in [0, 0.05) is 19.0 Å². The molecule has 0 fully saturated rings. The number of rotatable bonds is 6. The van der Waals surface area contributed by atoms with E-state index < -0.39 is 23.0 Å². The molecule has 0 radical (unpaired) electrons. The summed E-state index contributed by atoms with van der Waals surface area (Å²) in [6.45, 7) is 0.229. The summed E-state index contributed by atoms with van der Waals surface area (Å²) < 4.78 is 43.2. The Morgan fingerprint density at radius 2 is 1.79 bits per heavy atom. The van der Waals surface area contributed by atoms with E-state index >= 15 is 0 Å². The lowest BCUT2D eigenvalue weighted by molar-refractivity contribution is 0.580. The van der Waals surface area contributed by atoms with Crippen molar-refractivity contribution in [2.24, 2.45) is 0 Å². The van der Waals surface area contributed by atoms with Crippen LogP contribution >= 0.6 is 0 Å². The Morgan fingerprint density at radius 1 is 1.06 bits per heavy atom. The number of anilines is 3. The van der Waals surface area contributed by atoms with Crippen LogP contribution in [0, 0.1) is 28.8 Å². The van der Waals surface area contributed by atoms with Crippen LogP contribution < -0.4 is 22.3 Å². The molecule has 172 valence electrons. The minimum Gasteiger partial charge on any atom is -0.382 e. The van der Waals surface area contributed by atoms with Crippen LogP contribution in [0.5, 0.6) is 0 Å². The van der Waals surface area contributed by atoms with E-state index in [2.05, 4.69) is 20.3 Å². The van der Waals surface area contributed by atoms with E-state index in [-0.39, 0.29) is 58.5 Å². The predicted molar refractivity (Wildman–Crippen MR) is 120 cm³/mol. The van der Waals surface area contributed by atoms with Gasteiger partial charge in [-0.15, -0.1) is 0 Å². The molecule has 4 aromatic rings. The number of fused-ring (bicyclic) bond motifs is 1. The molecule has 2 aromatic carbocycles. The molecule has 34 heavy (non-hydrogen) atoms. The molecule has 4 rings (SSSR count). The third kappa shape index (κ3) is 4.31. The Kier molecular flexibility index (Phi) is 6.01. The lowest BCUT2D eigenvalue weighted by Crippen LogP contribution is -2.25. The zero-order valence-electron chi connectivity index (χ0n) is 17.5. The van der Waals surface area contributed by atoms with Crippen molar-refractivity contribution in [3.63, 3.8) is 0 Å². The highest BCUT2D eigenvalue weighted by atomic mass is 19.1. The molecule has 0 bridgehead atoms. The molecular weight excluding hydrogens is 449 g/mol. The highest BCUT2D eigenvalue weighted by Gasteiger charge is 2.17. The van der Waals surface area contributed by atoms with E-state index in [0.29, 0.717) is 12.5 Å². The van der Waals surface area contributed by atoms with Gasteiger partial charge in [0.1, 0.15) is 46.2 Å². The zero-order chi connectivity index (χ0) is 24.4. The largest absolute Gasteiger partial charge is 0.382 e. The van der Waals surface area contributed by atoms with E-state index in [1.165, 1.54) is 18.2 Å². The number of nitrogen functional groups attached to an aromatic ring is 2. The van der Waals surface area contributed by atoms with E-state index in [1.807, 2.05) is 6.07 Å². The second-order valence-electron chi connectivity index (χ2n) is 7.27. The van der Waals surface area contributed by atoms with E-state index in [4.69, 9.17) is 11.5 Å². The average Bonchev–Trinajstić information content (AvgIpc) is 2.76. The molecule has 0 atom stereocenters. The van der Waals surface area contributed by atoms with Crippen molar-refractivity contribution >= 4 is 28.5 Å².